The van der Waals surface area contributed by atoms with Crippen LogP contribution < -0.4 is 5.32 Å². The van der Waals surface area contributed by atoms with Crippen molar-refractivity contribution in [2.24, 2.45) is 0 Å². The van der Waals surface area contributed by atoms with E-state index in [1.54, 1.807) is 0 Å². The number of hydrogen-bond acceptors (Lipinski definition) is 5. The van der Waals surface area contributed by atoms with E-state index in [1.165, 1.54) is 0 Å². The summed E-state index contributed by atoms with van der Waals surface area (Å²) in [6.45, 7) is 0.0423. The third-order valence-corrected chi connectivity index (χ3v) is 6.06. The molecule has 0 radical (unpaired) electrons. The molecule has 3 N–H and O–H groups in total. The lowest BCUT2D eigenvalue weighted by molar-refractivity contribution is -0.141. The molecule has 4 rings (SSSR count). The number of ether oxygens (including phenoxy) is 1. The molecule has 1 aliphatic rings. The molecule has 10 heteroatoms. The molecular weight excluding hydrogens is 485 g/mol. The van der Waals surface area contributed by atoms with Gasteiger partial charge in [0, 0.05) is 12.5 Å². The Morgan fingerprint density at radius 2 is 1.66 bits per heavy atom. The van der Waals surface area contributed by atoms with Crippen LogP contribution in [0.3, 0.4) is 0 Å². The lowest BCUT2D eigenvalue weighted by atomic mass is 9.98. The van der Waals surface area contributed by atoms with Gasteiger partial charge in [-0.15, -0.1) is 0 Å². The number of rotatable bonds is 7. The number of alkyl halides is 3. The first kappa shape index (κ1) is 25.0. The second-order valence-corrected chi connectivity index (χ2v) is 8.55. The van der Waals surface area contributed by atoms with E-state index in [0.717, 1.165) is 28.3 Å². The minimum atomic E-state index is -4.75. The predicted molar refractivity (Wildman–Crippen MR) is 123 cm³/mol. The zero-order valence-corrected chi connectivity index (χ0v) is 19.1. The summed E-state index contributed by atoms with van der Waals surface area (Å²) in [5.74, 6) is -0.111. The van der Waals surface area contributed by atoms with Crippen LogP contribution in [0.1, 0.15) is 40.8 Å². The minimum absolute atomic E-state index is 0.0696. The Balaban J connectivity index is 1.30. The van der Waals surface area contributed by atoms with Gasteiger partial charge in [0.15, 0.2) is 0 Å². The van der Waals surface area contributed by atoms with Crippen molar-refractivity contribution in [2.75, 3.05) is 13.2 Å². The Morgan fingerprint density at radius 3 is 2.26 bits per heavy atom. The summed E-state index contributed by atoms with van der Waals surface area (Å²) in [7, 11) is 0. The predicted octanol–water partition coefficient (Wildman–Crippen LogP) is 5.08. The van der Waals surface area contributed by atoms with Gasteiger partial charge < -0.3 is 20.3 Å². The maximum Gasteiger partial charge on any atom is 0.433 e. The van der Waals surface area contributed by atoms with E-state index in [2.05, 4.69) is 10.3 Å². The molecule has 0 spiro atoms. The maximum absolute atomic E-state index is 12.9. The normalized spacial score (nSPS) is 14.7. The number of halogens is 4. The van der Waals surface area contributed by atoms with Gasteiger partial charge in [-0.3, -0.25) is 0 Å². The van der Waals surface area contributed by atoms with E-state index in [0.29, 0.717) is 6.07 Å². The highest BCUT2D eigenvalue weighted by molar-refractivity contribution is 6.29. The van der Waals surface area contributed by atoms with Gasteiger partial charge in [0.05, 0.1) is 6.10 Å². The molecule has 0 saturated carbocycles. The zero-order chi connectivity index (χ0) is 25.2. The van der Waals surface area contributed by atoms with Crippen LogP contribution in [-0.4, -0.2) is 40.5 Å². The van der Waals surface area contributed by atoms with Crippen molar-refractivity contribution in [3.63, 3.8) is 0 Å². The van der Waals surface area contributed by atoms with Crippen LogP contribution >= 0.6 is 11.6 Å². The number of alkyl carbamates (subject to hydrolysis) is 1. The van der Waals surface area contributed by atoms with Crippen LogP contribution in [0.4, 0.5) is 18.0 Å². The largest absolute Gasteiger partial charge is 0.449 e. The van der Waals surface area contributed by atoms with Gasteiger partial charge in [-0.2, -0.15) is 13.2 Å². The van der Waals surface area contributed by atoms with Crippen LogP contribution in [0.2, 0.25) is 5.15 Å². The summed E-state index contributed by atoms with van der Waals surface area (Å²) in [6.07, 6.45) is -8.70. The van der Waals surface area contributed by atoms with Gasteiger partial charge in [0.25, 0.3) is 0 Å². The molecule has 1 aromatic heterocycles. The van der Waals surface area contributed by atoms with Crippen molar-refractivity contribution >= 4 is 17.7 Å². The van der Waals surface area contributed by atoms with E-state index >= 15 is 0 Å². The molecule has 1 aliphatic carbocycles. The summed E-state index contributed by atoms with van der Waals surface area (Å²) < 4.78 is 44.2. The lowest BCUT2D eigenvalue weighted by Crippen LogP contribution is -2.30. The molecule has 1 heterocycles. The number of aliphatic hydroxyl groups excluding tert-OH is 2. The van der Waals surface area contributed by atoms with E-state index in [1.807, 2.05) is 48.5 Å². The number of aromatic nitrogens is 1. The Hall–Kier alpha value is -3.14. The van der Waals surface area contributed by atoms with Crippen LogP contribution in [-0.2, 0) is 10.9 Å². The van der Waals surface area contributed by atoms with Crippen molar-refractivity contribution in [3.8, 4) is 11.1 Å². The van der Waals surface area contributed by atoms with Crippen molar-refractivity contribution in [3.05, 3.63) is 88.2 Å². The number of carbonyl (C=O) groups is 1. The number of hydrogen-bond donors (Lipinski definition) is 3. The van der Waals surface area contributed by atoms with E-state index in [4.69, 9.17) is 16.3 Å². The number of nitrogens with zero attached hydrogens (tertiary/aromatic N) is 1. The monoisotopic (exact) mass is 506 g/mol. The molecule has 2 atom stereocenters. The first-order valence-corrected chi connectivity index (χ1v) is 11.2. The number of fused-ring (bicyclic) bond motifs is 3. The highest BCUT2D eigenvalue weighted by Gasteiger charge is 2.34. The van der Waals surface area contributed by atoms with E-state index < -0.39 is 35.3 Å². The minimum Gasteiger partial charge on any atom is -0.449 e. The number of aliphatic hydroxyl groups is 2. The maximum atomic E-state index is 12.9. The van der Waals surface area contributed by atoms with Gasteiger partial charge >= 0.3 is 12.3 Å². The Kier molecular flexibility index (Phi) is 7.30. The molecule has 0 aliphatic heterocycles. The van der Waals surface area contributed by atoms with Crippen LogP contribution in [0.5, 0.6) is 0 Å². The molecule has 35 heavy (non-hydrogen) atoms. The second kappa shape index (κ2) is 10.2. The van der Waals surface area contributed by atoms with E-state index in [-0.39, 0.29) is 31.1 Å². The number of pyridine rings is 1. The fourth-order valence-corrected chi connectivity index (χ4v) is 4.40. The Morgan fingerprint density at radius 1 is 1.06 bits per heavy atom. The van der Waals surface area contributed by atoms with Gasteiger partial charge in [0.1, 0.15) is 23.6 Å². The third-order valence-electron chi connectivity index (χ3n) is 5.87. The van der Waals surface area contributed by atoms with Gasteiger partial charge in [-0.1, -0.05) is 60.1 Å². The molecule has 1 amide bonds. The molecule has 184 valence electrons. The SMILES string of the molecule is O=C(NCCC(O)C(O)c1cc(Cl)nc(C(F)(F)F)c1)OCC1c2ccccc2-c2ccccc21. The third kappa shape index (κ3) is 5.58. The highest BCUT2D eigenvalue weighted by Crippen LogP contribution is 2.44. The second-order valence-electron chi connectivity index (χ2n) is 8.16. The number of benzene rings is 2. The summed E-state index contributed by atoms with van der Waals surface area (Å²) in [4.78, 5) is 15.4. The average Bonchev–Trinajstić information content (AvgIpc) is 3.15. The van der Waals surface area contributed by atoms with Crippen LogP contribution in [0.15, 0.2) is 60.7 Å². The smallest absolute Gasteiger partial charge is 0.433 e. The first-order valence-electron chi connectivity index (χ1n) is 10.8. The molecule has 0 saturated heterocycles. The number of amides is 1. The summed E-state index contributed by atoms with van der Waals surface area (Å²) in [5, 5.41) is 22.5. The van der Waals surface area contributed by atoms with Crippen molar-refractivity contribution in [1.82, 2.24) is 10.3 Å². The zero-order valence-electron chi connectivity index (χ0n) is 18.3. The molecule has 2 aromatic carbocycles. The Bertz CT molecular complexity index is 1180. The van der Waals surface area contributed by atoms with Gasteiger partial charge in [0.2, 0.25) is 0 Å². The molecule has 0 fully saturated rings. The van der Waals surface area contributed by atoms with E-state index in [9.17, 15) is 28.2 Å². The fraction of sp³-hybridized carbons (Fsp3) is 0.280. The molecular formula is C25H22ClF3N2O4. The molecule has 3 aromatic rings. The first-order chi connectivity index (χ1) is 16.6. The average molecular weight is 507 g/mol. The number of nitrogens with one attached hydrogen (secondary N) is 1. The molecule has 6 nitrogen and oxygen atoms in total. The molecule has 0 bridgehead atoms. The topological polar surface area (TPSA) is 91.7 Å². The summed E-state index contributed by atoms with van der Waals surface area (Å²) in [6, 6.07) is 17.5. The molecule has 2 unspecified atom stereocenters. The van der Waals surface area contributed by atoms with Crippen molar-refractivity contribution in [2.45, 2.75) is 30.7 Å². The standard InChI is InChI=1S/C25H22ClF3N2O4/c26-22-12-14(11-21(31-22)25(27,28)29)23(33)20(32)9-10-30-24(34)35-13-19-17-7-3-1-5-15(17)16-6-2-4-8-18(16)19/h1-8,11-12,19-20,23,32-33H,9-10,13H2,(H,30,34). The van der Waals surface area contributed by atoms with Gasteiger partial charge in [-0.25, -0.2) is 9.78 Å². The van der Waals surface area contributed by atoms with Crippen LogP contribution in [0, 0.1) is 0 Å². The van der Waals surface area contributed by atoms with Crippen molar-refractivity contribution in [1.29, 1.82) is 0 Å². The Labute approximate surface area is 204 Å². The lowest BCUT2D eigenvalue weighted by Gasteiger charge is -2.20. The highest BCUT2D eigenvalue weighted by atomic mass is 35.5. The summed E-state index contributed by atoms with van der Waals surface area (Å²) in [5.41, 5.74) is 2.82. The quantitative estimate of drug-likeness (QED) is 0.389. The van der Waals surface area contributed by atoms with Crippen molar-refractivity contribution < 1.29 is 32.9 Å². The number of carbonyl (C=O) groups excluding carboxylic acids is 1. The van der Waals surface area contributed by atoms with Crippen LogP contribution in [0.25, 0.3) is 11.1 Å². The summed E-state index contributed by atoms with van der Waals surface area (Å²) >= 11 is 5.63. The van der Waals surface area contributed by atoms with Gasteiger partial charge in [-0.05, 0) is 46.4 Å². The fourth-order valence-electron chi connectivity index (χ4n) is 4.18.